The molecule has 1 N–H and O–H groups in total. The topological polar surface area (TPSA) is 55.4 Å². The average Bonchev–Trinajstić information content (AvgIpc) is 3.05. The Bertz CT molecular complexity index is 911. The largest absolute Gasteiger partial charge is 0.462 e. The van der Waals surface area contributed by atoms with Crippen molar-refractivity contribution >= 4 is 38.3 Å². The van der Waals surface area contributed by atoms with Crippen molar-refractivity contribution < 1.29 is 14.3 Å². The van der Waals surface area contributed by atoms with Gasteiger partial charge in [-0.3, -0.25) is 4.79 Å². The molecule has 4 saturated carbocycles. The predicted octanol–water partition coefficient (Wildman–Crippen LogP) is 6.01. The summed E-state index contributed by atoms with van der Waals surface area (Å²) in [5.41, 5.74) is 0.300. The normalized spacial score (nSPS) is 29.9. The zero-order valence-corrected chi connectivity index (χ0v) is 17.9. The number of unbranched alkanes of at least 4 members (excludes halogenated alkanes) is 1. The Morgan fingerprint density at radius 2 is 1.76 bits per heavy atom. The van der Waals surface area contributed by atoms with Crippen LogP contribution in [0.1, 0.15) is 68.6 Å². The van der Waals surface area contributed by atoms with Gasteiger partial charge < -0.3 is 10.1 Å². The summed E-state index contributed by atoms with van der Waals surface area (Å²) in [7, 11) is 0. The maximum absolute atomic E-state index is 13.5. The van der Waals surface area contributed by atoms with Crippen molar-refractivity contribution in [2.45, 2.75) is 58.3 Å². The lowest BCUT2D eigenvalue weighted by molar-refractivity contribution is -0.140. The van der Waals surface area contributed by atoms with Crippen molar-refractivity contribution in [3.05, 3.63) is 29.8 Å². The summed E-state index contributed by atoms with van der Waals surface area (Å²) in [6.07, 6.45) is 8.82. The Hall–Kier alpha value is -1.88. The van der Waals surface area contributed by atoms with E-state index in [1.807, 2.05) is 24.3 Å². The summed E-state index contributed by atoms with van der Waals surface area (Å²) >= 11 is 1.49. The van der Waals surface area contributed by atoms with Crippen molar-refractivity contribution in [3.63, 3.8) is 0 Å². The molecule has 0 spiro atoms. The number of thiophene rings is 1. The average molecular weight is 412 g/mol. The van der Waals surface area contributed by atoms with Crippen LogP contribution < -0.4 is 5.32 Å². The van der Waals surface area contributed by atoms with E-state index in [-0.39, 0.29) is 17.3 Å². The summed E-state index contributed by atoms with van der Waals surface area (Å²) in [5, 5.41) is 4.74. The minimum absolute atomic E-state index is 0.130. The highest BCUT2D eigenvalue weighted by Gasteiger charge is 2.54. The first-order valence-corrected chi connectivity index (χ1v) is 11.9. The first-order valence-electron chi connectivity index (χ1n) is 11.1. The minimum Gasteiger partial charge on any atom is -0.462 e. The van der Waals surface area contributed by atoms with E-state index in [9.17, 15) is 9.59 Å². The highest BCUT2D eigenvalue weighted by atomic mass is 32.1. The van der Waals surface area contributed by atoms with Crippen LogP contribution >= 0.6 is 11.3 Å². The molecule has 4 nitrogen and oxygen atoms in total. The number of fused-ring (bicyclic) bond motifs is 1. The van der Waals surface area contributed by atoms with Crippen LogP contribution in [-0.2, 0) is 9.53 Å². The third kappa shape index (κ3) is 3.37. The Morgan fingerprint density at radius 1 is 1.10 bits per heavy atom. The van der Waals surface area contributed by atoms with Gasteiger partial charge in [-0.2, -0.15) is 0 Å². The number of amides is 1. The van der Waals surface area contributed by atoms with E-state index in [1.165, 1.54) is 30.6 Å². The lowest BCUT2D eigenvalue weighted by Crippen LogP contribution is -2.51. The second kappa shape index (κ2) is 7.42. The number of carbonyl (C=O) groups excluding carboxylic acids is 2. The maximum Gasteiger partial charge on any atom is 0.341 e. The Balaban J connectivity index is 1.43. The van der Waals surface area contributed by atoms with Gasteiger partial charge in [0, 0.05) is 10.1 Å². The fourth-order valence-electron chi connectivity index (χ4n) is 6.34. The quantitative estimate of drug-likeness (QED) is 0.467. The number of esters is 1. The molecule has 29 heavy (non-hydrogen) atoms. The van der Waals surface area contributed by atoms with Crippen molar-refractivity contribution in [2.24, 2.45) is 23.2 Å². The third-order valence-electron chi connectivity index (χ3n) is 7.28. The van der Waals surface area contributed by atoms with Gasteiger partial charge in [0.25, 0.3) is 0 Å². The molecule has 1 aromatic carbocycles. The highest BCUT2D eigenvalue weighted by molar-refractivity contribution is 7.23. The monoisotopic (exact) mass is 411 g/mol. The number of anilines is 1. The van der Waals surface area contributed by atoms with Crippen LogP contribution in [0.4, 0.5) is 5.00 Å². The van der Waals surface area contributed by atoms with E-state index in [0.29, 0.717) is 34.9 Å². The first kappa shape index (κ1) is 19.1. The van der Waals surface area contributed by atoms with Gasteiger partial charge in [-0.05, 0) is 68.8 Å². The van der Waals surface area contributed by atoms with Gasteiger partial charge >= 0.3 is 5.97 Å². The second-order valence-corrected chi connectivity index (χ2v) is 10.5. The number of hydrogen-bond donors (Lipinski definition) is 1. The van der Waals surface area contributed by atoms with Crippen LogP contribution in [0.15, 0.2) is 24.3 Å². The third-order valence-corrected chi connectivity index (χ3v) is 8.36. The lowest BCUT2D eigenvalue weighted by atomic mass is 9.49. The van der Waals surface area contributed by atoms with Crippen LogP contribution in [0.25, 0.3) is 10.1 Å². The molecule has 154 valence electrons. The summed E-state index contributed by atoms with van der Waals surface area (Å²) in [4.78, 5) is 26.4. The molecule has 0 saturated heterocycles. The van der Waals surface area contributed by atoms with Crippen LogP contribution in [0, 0.1) is 23.2 Å². The van der Waals surface area contributed by atoms with Gasteiger partial charge in [0.1, 0.15) is 10.6 Å². The fourth-order valence-corrected chi connectivity index (χ4v) is 7.43. The summed E-state index contributed by atoms with van der Waals surface area (Å²) in [6.45, 7) is 2.49. The SMILES string of the molecule is CCCCOC(=O)c1c(NC(=O)C23CC4CC(CC(C4)C2)C3)sc2ccccc12. The summed E-state index contributed by atoms with van der Waals surface area (Å²) < 4.78 is 6.53. The molecule has 2 aromatic rings. The van der Waals surface area contributed by atoms with Crippen LogP contribution in [0.2, 0.25) is 0 Å². The number of hydrogen-bond acceptors (Lipinski definition) is 4. The molecule has 5 heteroatoms. The molecule has 0 radical (unpaired) electrons. The summed E-state index contributed by atoms with van der Waals surface area (Å²) in [5.74, 6) is 1.95. The molecule has 1 heterocycles. The Morgan fingerprint density at radius 3 is 2.41 bits per heavy atom. The van der Waals surface area contributed by atoms with Gasteiger partial charge in [0.2, 0.25) is 5.91 Å². The molecule has 0 unspecified atom stereocenters. The Kier molecular flexibility index (Phi) is 4.89. The smallest absolute Gasteiger partial charge is 0.341 e. The van der Waals surface area contributed by atoms with E-state index >= 15 is 0 Å². The van der Waals surface area contributed by atoms with Crippen molar-refractivity contribution in [3.8, 4) is 0 Å². The zero-order valence-electron chi connectivity index (χ0n) is 17.0. The molecule has 0 aliphatic heterocycles. The number of rotatable bonds is 6. The number of nitrogens with one attached hydrogen (secondary N) is 1. The van der Waals surface area contributed by atoms with Crippen molar-refractivity contribution in [1.82, 2.24) is 0 Å². The lowest BCUT2D eigenvalue weighted by Gasteiger charge is -2.55. The number of ether oxygens (including phenoxy) is 1. The first-order chi connectivity index (χ1) is 14.1. The predicted molar refractivity (Wildman–Crippen MR) is 116 cm³/mol. The number of benzene rings is 1. The molecular formula is C24H29NO3S. The molecule has 1 amide bonds. The standard InChI is InChI=1S/C24H29NO3S/c1-2-3-8-28-22(26)20-18-6-4-5-7-19(18)29-21(20)25-23(27)24-12-15-9-16(13-24)11-17(10-15)14-24/h4-7,15-17H,2-3,8-14H2,1H3,(H,25,27). The molecule has 4 aliphatic carbocycles. The maximum atomic E-state index is 13.5. The molecule has 0 atom stereocenters. The van der Waals surface area contributed by atoms with E-state index in [2.05, 4.69) is 12.2 Å². The molecule has 6 rings (SSSR count). The van der Waals surface area contributed by atoms with E-state index in [1.54, 1.807) is 0 Å². The van der Waals surface area contributed by atoms with Crippen LogP contribution in [-0.4, -0.2) is 18.5 Å². The second-order valence-electron chi connectivity index (χ2n) is 9.44. The van der Waals surface area contributed by atoms with Crippen molar-refractivity contribution in [1.29, 1.82) is 0 Å². The molecule has 4 fully saturated rings. The molecular weight excluding hydrogens is 382 g/mol. The molecule has 4 aliphatic rings. The van der Waals surface area contributed by atoms with Gasteiger partial charge in [-0.1, -0.05) is 31.5 Å². The van der Waals surface area contributed by atoms with Gasteiger partial charge in [-0.15, -0.1) is 11.3 Å². The van der Waals surface area contributed by atoms with Crippen molar-refractivity contribution in [2.75, 3.05) is 11.9 Å². The minimum atomic E-state index is -0.322. The molecule has 4 bridgehead atoms. The van der Waals surface area contributed by atoms with E-state index < -0.39 is 0 Å². The van der Waals surface area contributed by atoms with E-state index in [4.69, 9.17) is 4.74 Å². The van der Waals surface area contributed by atoms with Gasteiger partial charge in [-0.25, -0.2) is 4.79 Å². The Labute approximate surface area is 176 Å². The van der Waals surface area contributed by atoms with Gasteiger partial charge in [0.15, 0.2) is 0 Å². The highest BCUT2D eigenvalue weighted by Crippen LogP contribution is 2.60. The molecule has 1 aromatic heterocycles. The van der Waals surface area contributed by atoms with Gasteiger partial charge in [0.05, 0.1) is 12.0 Å². The van der Waals surface area contributed by atoms with Crippen LogP contribution in [0.5, 0.6) is 0 Å². The van der Waals surface area contributed by atoms with Crippen LogP contribution in [0.3, 0.4) is 0 Å². The van der Waals surface area contributed by atoms with E-state index in [0.717, 1.165) is 42.2 Å². The summed E-state index contributed by atoms with van der Waals surface area (Å²) in [6, 6.07) is 7.85. The number of carbonyl (C=O) groups is 2. The zero-order chi connectivity index (χ0) is 20.0. The fraction of sp³-hybridized carbons (Fsp3) is 0.583.